The number of hydrogen-bond acceptors (Lipinski definition) is 3. The number of carbonyl (C=O) groups excluding carboxylic acids is 2. The van der Waals surface area contributed by atoms with E-state index in [1.807, 2.05) is 54.6 Å². The Kier molecular flexibility index (Phi) is 6.45. The van der Waals surface area contributed by atoms with E-state index in [9.17, 15) is 9.59 Å². The summed E-state index contributed by atoms with van der Waals surface area (Å²) in [5, 5.41) is 0. The number of hydrazine groups is 1. The van der Waals surface area contributed by atoms with Crippen LogP contribution in [0.25, 0.3) is 11.1 Å². The molecule has 3 aromatic carbocycles. The van der Waals surface area contributed by atoms with Gasteiger partial charge in [0.15, 0.2) is 6.10 Å². The summed E-state index contributed by atoms with van der Waals surface area (Å²) in [7, 11) is 0. The van der Waals surface area contributed by atoms with Crippen molar-refractivity contribution in [3.05, 3.63) is 88.9 Å². The maximum atomic E-state index is 12.2. The zero-order valence-corrected chi connectivity index (χ0v) is 16.8. The third-order valence-corrected chi connectivity index (χ3v) is 4.75. The molecule has 1 unspecified atom stereocenters. The van der Waals surface area contributed by atoms with Crippen molar-refractivity contribution in [3.63, 3.8) is 0 Å². The molecule has 0 fully saturated rings. The van der Waals surface area contributed by atoms with E-state index in [4.69, 9.17) is 4.74 Å². The molecule has 2 N–H and O–H groups in total. The predicted octanol–water partition coefficient (Wildman–Crippen LogP) is 4.34. The maximum absolute atomic E-state index is 12.2. The van der Waals surface area contributed by atoms with E-state index in [-0.39, 0.29) is 0 Å². The van der Waals surface area contributed by atoms with Crippen molar-refractivity contribution >= 4 is 27.7 Å². The van der Waals surface area contributed by atoms with Crippen molar-refractivity contribution in [2.75, 3.05) is 0 Å². The summed E-state index contributed by atoms with van der Waals surface area (Å²) in [6, 6.07) is 24.4. The molecule has 0 bridgehead atoms. The van der Waals surface area contributed by atoms with Crippen molar-refractivity contribution < 1.29 is 14.3 Å². The van der Waals surface area contributed by atoms with Gasteiger partial charge in [0.05, 0.1) is 5.56 Å². The molecule has 0 aliphatic rings. The van der Waals surface area contributed by atoms with Crippen LogP contribution >= 0.6 is 15.9 Å². The molecular weight excluding hydrogens is 420 g/mol. The monoisotopic (exact) mass is 438 g/mol. The number of ether oxygens (including phenoxy) is 1. The van der Waals surface area contributed by atoms with Gasteiger partial charge in [0, 0.05) is 4.47 Å². The minimum absolute atomic E-state index is 0.416. The van der Waals surface area contributed by atoms with Crippen LogP contribution < -0.4 is 15.6 Å². The highest BCUT2D eigenvalue weighted by Crippen LogP contribution is 2.22. The van der Waals surface area contributed by atoms with Crippen LogP contribution in [0.1, 0.15) is 17.3 Å². The van der Waals surface area contributed by atoms with E-state index in [1.165, 1.54) is 0 Å². The van der Waals surface area contributed by atoms with Crippen molar-refractivity contribution in [3.8, 4) is 16.9 Å². The van der Waals surface area contributed by atoms with Crippen LogP contribution in [0.5, 0.6) is 5.75 Å². The van der Waals surface area contributed by atoms with E-state index < -0.39 is 17.9 Å². The van der Waals surface area contributed by atoms with Gasteiger partial charge in [0.2, 0.25) is 0 Å². The maximum Gasteiger partial charge on any atom is 0.279 e. The molecule has 6 heteroatoms. The molecule has 0 aromatic heterocycles. The SMILES string of the molecule is CC(Oc1ccc(-c2ccccc2)cc1)C(=O)NNC(=O)c1ccccc1Br. The Labute approximate surface area is 171 Å². The van der Waals surface area contributed by atoms with Gasteiger partial charge < -0.3 is 4.74 Å². The Hall–Kier alpha value is -3.12. The molecule has 0 saturated heterocycles. The summed E-state index contributed by atoms with van der Waals surface area (Å²) in [6.45, 7) is 1.62. The van der Waals surface area contributed by atoms with Gasteiger partial charge in [-0.1, -0.05) is 54.6 Å². The molecule has 0 spiro atoms. The first-order valence-electron chi connectivity index (χ1n) is 8.71. The van der Waals surface area contributed by atoms with Crippen LogP contribution in [-0.4, -0.2) is 17.9 Å². The standard InChI is InChI=1S/C22H19BrN2O3/c1-15(21(26)24-25-22(27)19-9-5-6-10-20(19)23)28-18-13-11-17(12-14-18)16-7-3-2-4-8-16/h2-15H,1H3,(H,24,26)(H,25,27). The van der Waals surface area contributed by atoms with Crippen molar-refractivity contribution in [2.24, 2.45) is 0 Å². The highest BCUT2D eigenvalue weighted by molar-refractivity contribution is 9.10. The smallest absolute Gasteiger partial charge is 0.279 e. The molecule has 0 saturated carbocycles. The van der Waals surface area contributed by atoms with Gasteiger partial charge in [-0.15, -0.1) is 0 Å². The predicted molar refractivity (Wildman–Crippen MR) is 112 cm³/mol. The quantitative estimate of drug-likeness (QED) is 0.582. The lowest BCUT2D eigenvalue weighted by molar-refractivity contribution is -0.128. The Morgan fingerprint density at radius 2 is 1.43 bits per heavy atom. The molecule has 0 radical (unpaired) electrons. The van der Waals surface area contributed by atoms with Gasteiger partial charge in [-0.2, -0.15) is 0 Å². The Morgan fingerprint density at radius 3 is 2.11 bits per heavy atom. The second kappa shape index (κ2) is 9.19. The normalized spacial score (nSPS) is 11.4. The minimum atomic E-state index is -0.776. The fraction of sp³-hybridized carbons (Fsp3) is 0.0909. The van der Waals surface area contributed by atoms with E-state index >= 15 is 0 Å². The van der Waals surface area contributed by atoms with Crippen molar-refractivity contribution in [1.29, 1.82) is 0 Å². The number of halogens is 1. The van der Waals surface area contributed by atoms with Crippen LogP contribution in [0.2, 0.25) is 0 Å². The van der Waals surface area contributed by atoms with Gasteiger partial charge in [0.1, 0.15) is 5.75 Å². The molecule has 3 rings (SSSR count). The fourth-order valence-electron chi connectivity index (χ4n) is 2.55. The number of benzene rings is 3. The zero-order chi connectivity index (χ0) is 19.9. The van der Waals surface area contributed by atoms with Crippen LogP contribution in [0, 0.1) is 0 Å². The molecule has 0 heterocycles. The van der Waals surface area contributed by atoms with E-state index in [1.54, 1.807) is 31.2 Å². The zero-order valence-electron chi connectivity index (χ0n) is 15.2. The summed E-state index contributed by atoms with van der Waals surface area (Å²) >= 11 is 3.30. The average Bonchev–Trinajstić information content (AvgIpc) is 2.73. The summed E-state index contributed by atoms with van der Waals surface area (Å²) in [5.41, 5.74) is 7.36. The molecule has 1 atom stereocenters. The first-order chi connectivity index (χ1) is 13.5. The lowest BCUT2D eigenvalue weighted by Gasteiger charge is -2.15. The average molecular weight is 439 g/mol. The van der Waals surface area contributed by atoms with Crippen molar-refractivity contribution in [2.45, 2.75) is 13.0 Å². The van der Waals surface area contributed by atoms with Crippen LogP contribution in [0.15, 0.2) is 83.3 Å². The van der Waals surface area contributed by atoms with E-state index in [0.717, 1.165) is 11.1 Å². The van der Waals surface area contributed by atoms with E-state index in [2.05, 4.69) is 26.8 Å². The summed E-state index contributed by atoms with van der Waals surface area (Å²) in [5.74, 6) is -0.299. The second-order valence-electron chi connectivity index (χ2n) is 6.07. The molecule has 28 heavy (non-hydrogen) atoms. The lowest BCUT2D eigenvalue weighted by Crippen LogP contribution is -2.47. The lowest BCUT2D eigenvalue weighted by atomic mass is 10.1. The highest BCUT2D eigenvalue weighted by Gasteiger charge is 2.16. The molecule has 0 aliphatic heterocycles. The first kappa shape index (κ1) is 19.6. The first-order valence-corrected chi connectivity index (χ1v) is 9.51. The number of hydrogen-bond donors (Lipinski definition) is 2. The Morgan fingerprint density at radius 1 is 0.821 bits per heavy atom. The third kappa shape index (κ3) is 4.98. The highest BCUT2D eigenvalue weighted by atomic mass is 79.9. The van der Waals surface area contributed by atoms with Gasteiger partial charge in [-0.3, -0.25) is 20.4 Å². The third-order valence-electron chi connectivity index (χ3n) is 4.06. The van der Waals surface area contributed by atoms with Crippen LogP contribution in [-0.2, 0) is 4.79 Å². The Bertz CT molecular complexity index is 959. The number of carbonyl (C=O) groups is 2. The summed E-state index contributed by atoms with van der Waals surface area (Å²) in [4.78, 5) is 24.3. The molecule has 5 nitrogen and oxygen atoms in total. The molecule has 3 aromatic rings. The molecule has 142 valence electrons. The van der Waals surface area contributed by atoms with Crippen LogP contribution in [0.3, 0.4) is 0 Å². The number of rotatable bonds is 5. The minimum Gasteiger partial charge on any atom is -0.481 e. The fourth-order valence-corrected chi connectivity index (χ4v) is 3.01. The summed E-state index contributed by atoms with van der Waals surface area (Å²) < 4.78 is 6.30. The number of amides is 2. The number of nitrogens with one attached hydrogen (secondary N) is 2. The summed E-state index contributed by atoms with van der Waals surface area (Å²) in [6.07, 6.45) is -0.776. The second-order valence-corrected chi connectivity index (χ2v) is 6.93. The van der Waals surface area contributed by atoms with Gasteiger partial charge in [0.25, 0.3) is 11.8 Å². The topological polar surface area (TPSA) is 67.4 Å². The van der Waals surface area contributed by atoms with Gasteiger partial charge in [-0.25, -0.2) is 0 Å². The van der Waals surface area contributed by atoms with Gasteiger partial charge in [-0.05, 0) is 58.2 Å². The largest absolute Gasteiger partial charge is 0.481 e. The van der Waals surface area contributed by atoms with Crippen molar-refractivity contribution in [1.82, 2.24) is 10.9 Å². The Balaban J connectivity index is 1.54. The molecule has 0 aliphatic carbocycles. The van der Waals surface area contributed by atoms with Crippen LogP contribution in [0.4, 0.5) is 0 Å². The molecule has 2 amide bonds. The van der Waals surface area contributed by atoms with E-state index in [0.29, 0.717) is 15.8 Å². The molecular formula is C22H19BrN2O3. The van der Waals surface area contributed by atoms with Gasteiger partial charge >= 0.3 is 0 Å².